The van der Waals surface area contributed by atoms with Gasteiger partial charge in [-0.2, -0.15) is 0 Å². The lowest BCUT2D eigenvalue weighted by atomic mass is 10.1. The summed E-state index contributed by atoms with van der Waals surface area (Å²) in [7, 11) is 5.79. The van der Waals surface area contributed by atoms with Gasteiger partial charge in [0.05, 0.1) is 18.3 Å². The maximum Gasteiger partial charge on any atom is 0.185 e. The average Bonchev–Trinajstić information content (AvgIpc) is 2.69. The third-order valence-corrected chi connectivity index (χ3v) is 3.99. The molecular weight excluding hydrogens is 242 g/mol. The molecule has 19 heavy (non-hydrogen) atoms. The van der Waals surface area contributed by atoms with Crippen LogP contribution in [0.3, 0.4) is 0 Å². The Morgan fingerprint density at radius 3 is 2.89 bits per heavy atom. The van der Waals surface area contributed by atoms with Gasteiger partial charge in [0.25, 0.3) is 0 Å². The molecule has 2 aliphatic rings. The zero-order valence-corrected chi connectivity index (χ0v) is 11.7. The number of ether oxygens (including phenoxy) is 2. The van der Waals surface area contributed by atoms with Crippen molar-refractivity contribution >= 4 is 11.4 Å². The van der Waals surface area contributed by atoms with Crippen LogP contribution in [0.1, 0.15) is 0 Å². The van der Waals surface area contributed by atoms with Crippen molar-refractivity contribution in [1.29, 1.82) is 0 Å². The highest BCUT2D eigenvalue weighted by atomic mass is 16.5. The van der Waals surface area contributed by atoms with Gasteiger partial charge in [0, 0.05) is 40.0 Å². The van der Waals surface area contributed by atoms with Crippen molar-refractivity contribution < 1.29 is 9.47 Å². The Bertz CT molecular complexity index is 460. The molecule has 3 rings (SSSR count). The molecule has 0 bridgehead atoms. The van der Waals surface area contributed by atoms with Crippen molar-refractivity contribution in [3.8, 4) is 5.75 Å². The normalized spacial score (nSPS) is 22.9. The quantitative estimate of drug-likeness (QED) is 0.884. The summed E-state index contributed by atoms with van der Waals surface area (Å²) in [6.07, 6.45) is 0.491. The number of likely N-dealkylation sites (tertiary alicyclic amines) is 1. The van der Waals surface area contributed by atoms with Crippen LogP contribution in [-0.4, -0.2) is 58.1 Å². The predicted octanol–water partition coefficient (Wildman–Crippen LogP) is 1.21. The molecule has 1 aromatic rings. The Hall–Kier alpha value is -1.46. The van der Waals surface area contributed by atoms with E-state index in [1.54, 1.807) is 7.11 Å². The van der Waals surface area contributed by atoms with Gasteiger partial charge >= 0.3 is 0 Å². The number of anilines is 2. The van der Waals surface area contributed by atoms with Crippen molar-refractivity contribution in [1.82, 2.24) is 4.90 Å². The highest BCUT2D eigenvalue weighted by molar-refractivity contribution is 5.68. The molecule has 0 radical (unpaired) electrons. The van der Waals surface area contributed by atoms with Crippen LogP contribution in [-0.2, 0) is 4.74 Å². The van der Waals surface area contributed by atoms with Gasteiger partial charge in [-0.3, -0.25) is 4.90 Å². The summed E-state index contributed by atoms with van der Waals surface area (Å²) in [4.78, 5) is 4.57. The Labute approximate surface area is 114 Å². The predicted molar refractivity (Wildman–Crippen MR) is 76.0 cm³/mol. The van der Waals surface area contributed by atoms with E-state index < -0.39 is 0 Å². The molecule has 1 fully saturated rings. The molecule has 0 saturated carbocycles. The first-order valence-corrected chi connectivity index (χ1v) is 6.67. The van der Waals surface area contributed by atoms with Gasteiger partial charge in [0.15, 0.2) is 6.23 Å². The number of benzene rings is 1. The lowest BCUT2D eigenvalue weighted by molar-refractivity contribution is -0.0412. The fourth-order valence-electron chi connectivity index (χ4n) is 2.63. The largest absolute Gasteiger partial charge is 0.467 e. The summed E-state index contributed by atoms with van der Waals surface area (Å²) in [5.41, 5.74) is 2.26. The molecule has 5 heteroatoms. The third kappa shape index (κ3) is 2.24. The fourth-order valence-corrected chi connectivity index (χ4v) is 2.63. The lowest BCUT2D eigenvalue weighted by Gasteiger charge is -2.40. The van der Waals surface area contributed by atoms with Gasteiger partial charge in [-0.15, -0.1) is 0 Å². The van der Waals surface area contributed by atoms with Gasteiger partial charge in [-0.25, -0.2) is 0 Å². The fraction of sp³-hybridized carbons (Fsp3) is 0.571. The molecule has 0 aliphatic carbocycles. The first kappa shape index (κ1) is 12.6. The summed E-state index contributed by atoms with van der Waals surface area (Å²) in [6, 6.07) is 6.20. The maximum atomic E-state index is 6.01. The topological polar surface area (TPSA) is 37.0 Å². The summed E-state index contributed by atoms with van der Waals surface area (Å²) < 4.78 is 11.3. The molecule has 2 aliphatic heterocycles. The first-order chi connectivity index (χ1) is 9.21. The minimum Gasteiger partial charge on any atom is -0.467 e. The molecule has 5 nitrogen and oxygen atoms in total. The number of fused-ring (bicyclic) bond motifs is 1. The average molecular weight is 263 g/mol. The summed E-state index contributed by atoms with van der Waals surface area (Å²) in [5.74, 6) is 0.968. The SMILES string of the molecule is CNc1ccc2c(c1)N(C)C(CN1CC(OC)C1)O2. The van der Waals surface area contributed by atoms with Crippen LogP contribution in [0.25, 0.3) is 0 Å². The molecule has 0 amide bonds. The molecule has 1 aromatic carbocycles. The highest BCUT2D eigenvalue weighted by Gasteiger charge is 2.34. The zero-order chi connectivity index (χ0) is 13.4. The van der Waals surface area contributed by atoms with Crippen LogP contribution < -0.4 is 15.0 Å². The van der Waals surface area contributed by atoms with Crippen LogP contribution in [0.4, 0.5) is 11.4 Å². The van der Waals surface area contributed by atoms with Crippen molar-refractivity contribution in [2.45, 2.75) is 12.3 Å². The van der Waals surface area contributed by atoms with Crippen LogP contribution in [0.2, 0.25) is 0 Å². The number of nitrogens with zero attached hydrogens (tertiary/aromatic N) is 2. The number of methoxy groups -OCH3 is 1. The molecule has 1 atom stereocenters. The lowest BCUT2D eigenvalue weighted by Crippen LogP contribution is -2.56. The molecule has 0 spiro atoms. The molecule has 2 heterocycles. The second-order valence-electron chi connectivity index (χ2n) is 5.19. The Morgan fingerprint density at radius 2 is 2.21 bits per heavy atom. The molecule has 1 saturated heterocycles. The first-order valence-electron chi connectivity index (χ1n) is 6.67. The summed E-state index contributed by atoms with van der Waals surface area (Å²) >= 11 is 0. The van der Waals surface area contributed by atoms with E-state index in [4.69, 9.17) is 9.47 Å². The van der Waals surface area contributed by atoms with Crippen molar-refractivity contribution in [2.75, 3.05) is 51.1 Å². The van der Waals surface area contributed by atoms with E-state index in [-0.39, 0.29) is 6.23 Å². The van der Waals surface area contributed by atoms with Crippen molar-refractivity contribution in [2.24, 2.45) is 0 Å². The van der Waals surface area contributed by atoms with Crippen molar-refractivity contribution in [3.05, 3.63) is 18.2 Å². The molecule has 1 N–H and O–H groups in total. The standard InChI is InChI=1S/C14H21N3O2/c1-15-10-4-5-13-12(6-10)16(2)14(19-13)9-17-7-11(8-17)18-3/h4-6,11,14-15H,7-9H2,1-3H3. The zero-order valence-electron chi connectivity index (χ0n) is 11.7. The van der Waals surface area contributed by atoms with Gasteiger partial charge < -0.3 is 19.7 Å². The summed E-state index contributed by atoms with van der Waals surface area (Å²) in [5, 5.41) is 3.16. The van der Waals surface area contributed by atoms with Gasteiger partial charge in [-0.05, 0) is 18.2 Å². The molecular formula is C14H21N3O2. The molecule has 104 valence electrons. The Kier molecular flexibility index (Phi) is 3.24. The number of rotatable bonds is 4. The van der Waals surface area contributed by atoms with E-state index in [9.17, 15) is 0 Å². The van der Waals surface area contributed by atoms with Crippen LogP contribution in [0.15, 0.2) is 18.2 Å². The van der Waals surface area contributed by atoms with E-state index in [0.717, 1.165) is 36.8 Å². The Morgan fingerprint density at radius 1 is 1.42 bits per heavy atom. The van der Waals surface area contributed by atoms with Gasteiger partial charge in [-0.1, -0.05) is 0 Å². The van der Waals surface area contributed by atoms with Crippen molar-refractivity contribution in [3.63, 3.8) is 0 Å². The summed E-state index contributed by atoms with van der Waals surface area (Å²) in [6.45, 7) is 2.92. The molecule has 1 unspecified atom stereocenters. The van der Waals surface area contributed by atoms with E-state index in [0.29, 0.717) is 6.10 Å². The number of likely N-dealkylation sites (N-methyl/N-ethyl adjacent to an activating group) is 1. The monoisotopic (exact) mass is 263 g/mol. The van der Waals surface area contributed by atoms with E-state index >= 15 is 0 Å². The second-order valence-corrected chi connectivity index (χ2v) is 5.19. The minimum atomic E-state index is 0.0971. The van der Waals surface area contributed by atoms with Gasteiger partial charge in [0.2, 0.25) is 0 Å². The Balaban J connectivity index is 1.64. The van der Waals surface area contributed by atoms with Crippen LogP contribution >= 0.6 is 0 Å². The minimum absolute atomic E-state index is 0.0971. The van der Waals surface area contributed by atoms with E-state index in [1.807, 2.05) is 19.2 Å². The second kappa shape index (κ2) is 4.90. The van der Waals surface area contributed by atoms with Crippen LogP contribution in [0.5, 0.6) is 5.75 Å². The number of hydrogen-bond donors (Lipinski definition) is 1. The number of nitrogens with one attached hydrogen (secondary N) is 1. The van der Waals surface area contributed by atoms with Gasteiger partial charge in [0.1, 0.15) is 5.75 Å². The third-order valence-electron chi connectivity index (χ3n) is 3.99. The highest BCUT2D eigenvalue weighted by Crippen LogP contribution is 2.38. The van der Waals surface area contributed by atoms with E-state index in [1.165, 1.54) is 0 Å². The smallest absolute Gasteiger partial charge is 0.185 e. The van der Waals surface area contributed by atoms with E-state index in [2.05, 4.69) is 28.2 Å². The number of hydrogen-bond acceptors (Lipinski definition) is 5. The molecule has 0 aromatic heterocycles. The maximum absolute atomic E-state index is 6.01. The van der Waals surface area contributed by atoms with Crippen LogP contribution in [0, 0.1) is 0 Å².